The maximum atomic E-state index is 15.2. The van der Waals surface area contributed by atoms with Crippen LogP contribution >= 0.6 is 0 Å². The van der Waals surface area contributed by atoms with E-state index in [2.05, 4.69) is 21.5 Å². The number of fused-ring (bicyclic) bond motifs is 1. The molecule has 0 spiro atoms. The number of carboxylic acid groups (broad SMARTS) is 1. The van der Waals surface area contributed by atoms with Gasteiger partial charge in [0.15, 0.2) is 0 Å². The molecule has 0 saturated carbocycles. The van der Waals surface area contributed by atoms with E-state index < -0.39 is 11.8 Å². The number of terminal acetylenes is 1. The molecule has 1 aromatic heterocycles. The maximum Gasteiger partial charge on any atom is 0.307 e. The van der Waals surface area contributed by atoms with E-state index in [1.165, 1.54) is 17.9 Å². The van der Waals surface area contributed by atoms with E-state index >= 15 is 4.39 Å². The van der Waals surface area contributed by atoms with E-state index in [1.807, 2.05) is 37.3 Å². The summed E-state index contributed by atoms with van der Waals surface area (Å²) in [5.74, 6) is 1.17. The van der Waals surface area contributed by atoms with Crippen molar-refractivity contribution in [3.05, 3.63) is 107 Å². The molecule has 1 amide bonds. The first-order chi connectivity index (χ1) is 20.3. The first-order valence-electron chi connectivity index (χ1n) is 12.9. The van der Waals surface area contributed by atoms with E-state index in [9.17, 15) is 14.7 Å². The Bertz CT molecular complexity index is 1830. The van der Waals surface area contributed by atoms with Crippen molar-refractivity contribution in [3.8, 4) is 29.2 Å². The molecule has 1 aliphatic rings. The molecule has 0 bridgehead atoms. The smallest absolute Gasteiger partial charge is 0.307 e. The van der Waals surface area contributed by atoms with Crippen LogP contribution in [0.1, 0.15) is 29.2 Å². The molecule has 0 unspecified atom stereocenters. The summed E-state index contributed by atoms with van der Waals surface area (Å²) in [5.41, 5.74) is 5.72. The second-order valence-electron chi connectivity index (χ2n) is 9.50. The second kappa shape index (κ2) is 11.8. The second-order valence-corrected chi connectivity index (χ2v) is 9.50. The number of nitrogens with zero attached hydrogens (tertiary/aromatic N) is 3. The number of carbonyl (C=O) groups excluding carboxylic acids is 1. The normalized spacial score (nSPS) is 14.0. The SMILES string of the molecule is C#C/C(=C\C=C(/C)c1ccc(-c2cc3c(cc2F)NC(=O)/C3=C\c2ccc(OC)c(CC(=O)O)c2)cc1)n1ccnn1. The van der Waals surface area contributed by atoms with Crippen LogP contribution in [0.3, 0.4) is 0 Å². The molecule has 1 aliphatic heterocycles. The molecule has 0 atom stereocenters. The summed E-state index contributed by atoms with van der Waals surface area (Å²) < 4.78 is 22.0. The predicted octanol–water partition coefficient (Wildman–Crippen LogP) is 5.79. The van der Waals surface area contributed by atoms with Gasteiger partial charge in [-0.1, -0.05) is 47.5 Å². The molecular formula is C33H25FN4O4. The first-order valence-corrected chi connectivity index (χ1v) is 12.9. The van der Waals surface area contributed by atoms with Gasteiger partial charge in [-0.2, -0.15) is 0 Å². The summed E-state index contributed by atoms with van der Waals surface area (Å²) in [5, 5.41) is 19.6. The third kappa shape index (κ3) is 5.74. The molecule has 2 heterocycles. The maximum absolute atomic E-state index is 15.2. The number of methoxy groups -OCH3 is 1. The molecule has 0 radical (unpaired) electrons. The number of ether oxygens (including phenoxy) is 1. The lowest BCUT2D eigenvalue weighted by Gasteiger charge is -2.10. The molecule has 42 heavy (non-hydrogen) atoms. The molecule has 208 valence electrons. The van der Waals surface area contributed by atoms with Crippen molar-refractivity contribution in [3.63, 3.8) is 0 Å². The van der Waals surface area contributed by atoms with E-state index in [0.717, 1.165) is 11.1 Å². The van der Waals surface area contributed by atoms with Crippen LogP contribution in [0.4, 0.5) is 10.1 Å². The number of halogens is 1. The van der Waals surface area contributed by atoms with E-state index in [-0.39, 0.29) is 12.3 Å². The number of rotatable bonds is 8. The van der Waals surface area contributed by atoms with Gasteiger partial charge in [0, 0.05) is 22.3 Å². The van der Waals surface area contributed by atoms with Crippen LogP contribution in [0.15, 0.2) is 79.1 Å². The monoisotopic (exact) mass is 560 g/mol. The highest BCUT2D eigenvalue weighted by atomic mass is 19.1. The van der Waals surface area contributed by atoms with Crippen molar-refractivity contribution in [2.75, 3.05) is 12.4 Å². The Morgan fingerprint density at radius 3 is 2.60 bits per heavy atom. The van der Waals surface area contributed by atoms with Crippen molar-refractivity contribution in [2.24, 2.45) is 0 Å². The number of carboxylic acids is 1. The molecule has 3 aromatic carbocycles. The van der Waals surface area contributed by atoms with Gasteiger partial charge >= 0.3 is 5.97 Å². The zero-order chi connectivity index (χ0) is 29.8. The molecule has 8 nitrogen and oxygen atoms in total. The number of aliphatic carboxylic acids is 1. The Morgan fingerprint density at radius 2 is 1.93 bits per heavy atom. The van der Waals surface area contributed by atoms with Gasteiger partial charge in [0.25, 0.3) is 5.91 Å². The molecule has 9 heteroatoms. The van der Waals surface area contributed by atoms with Gasteiger partial charge in [-0.05, 0) is 65.6 Å². The van der Waals surface area contributed by atoms with Gasteiger partial charge in [0.05, 0.1) is 31.6 Å². The minimum atomic E-state index is -1.00. The first kappa shape index (κ1) is 27.8. The lowest BCUT2D eigenvalue weighted by Crippen LogP contribution is -2.04. The van der Waals surface area contributed by atoms with Gasteiger partial charge in [0.2, 0.25) is 0 Å². The summed E-state index contributed by atoms with van der Waals surface area (Å²) in [6.45, 7) is 1.94. The zero-order valence-electron chi connectivity index (χ0n) is 22.8. The van der Waals surface area contributed by atoms with Gasteiger partial charge in [-0.25, -0.2) is 9.07 Å². The van der Waals surface area contributed by atoms with Crippen LogP contribution in [0.2, 0.25) is 0 Å². The summed E-state index contributed by atoms with van der Waals surface area (Å²) in [6, 6.07) is 15.4. The fourth-order valence-corrected chi connectivity index (χ4v) is 4.67. The highest BCUT2D eigenvalue weighted by Gasteiger charge is 2.26. The molecule has 0 fully saturated rings. The molecule has 4 aromatic rings. The fraction of sp³-hybridized carbons (Fsp3) is 0.0909. The minimum absolute atomic E-state index is 0.230. The van der Waals surface area contributed by atoms with Crippen molar-refractivity contribution in [1.82, 2.24) is 15.0 Å². The van der Waals surface area contributed by atoms with Crippen LogP contribution in [0.25, 0.3) is 34.0 Å². The number of benzene rings is 3. The molecule has 5 rings (SSSR count). The summed E-state index contributed by atoms with van der Waals surface area (Å²) >= 11 is 0. The zero-order valence-corrected chi connectivity index (χ0v) is 22.8. The third-order valence-corrected chi connectivity index (χ3v) is 6.81. The number of aromatic nitrogens is 3. The van der Waals surface area contributed by atoms with Gasteiger partial charge in [-0.3, -0.25) is 9.59 Å². The fourth-order valence-electron chi connectivity index (χ4n) is 4.67. The molecule has 0 aliphatic carbocycles. The Labute approximate surface area is 241 Å². The van der Waals surface area contributed by atoms with Crippen molar-refractivity contribution >= 4 is 40.5 Å². The van der Waals surface area contributed by atoms with Crippen LogP contribution in [-0.4, -0.2) is 39.1 Å². The summed E-state index contributed by atoms with van der Waals surface area (Å²) in [6.07, 6.45) is 13.9. The average Bonchev–Trinajstić information content (AvgIpc) is 3.61. The lowest BCUT2D eigenvalue weighted by molar-refractivity contribution is -0.136. The molecule has 0 saturated heterocycles. The van der Waals surface area contributed by atoms with Gasteiger partial charge < -0.3 is 15.2 Å². The van der Waals surface area contributed by atoms with Crippen LogP contribution < -0.4 is 10.1 Å². The average molecular weight is 561 g/mol. The standard InChI is InChI=1S/C33H25FN4O4/c1-4-25(38-14-13-35-37-38)11-5-20(2)22-7-9-23(10-8-22)26-18-27-28(33(41)36-30(27)19-29(26)34)16-21-6-12-31(42-3)24(15-21)17-32(39)40/h1,5-16,18-19H,17H2,2-3H3,(H,36,41)(H,39,40)/b20-5+,25-11+,28-16-. The topological polar surface area (TPSA) is 106 Å². The number of anilines is 1. The molecular weight excluding hydrogens is 535 g/mol. The Balaban J connectivity index is 1.45. The van der Waals surface area contributed by atoms with Gasteiger partial charge in [0.1, 0.15) is 17.3 Å². The van der Waals surface area contributed by atoms with Crippen molar-refractivity contribution in [1.29, 1.82) is 0 Å². The Hall–Kier alpha value is -5.75. The number of allylic oxidation sites excluding steroid dienone is 4. The van der Waals surface area contributed by atoms with Crippen LogP contribution in [-0.2, 0) is 16.0 Å². The predicted molar refractivity (Wildman–Crippen MR) is 159 cm³/mol. The highest BCUT2D eigenvalue weighted by Crippen LogP contribution is 2.38. The Kier molecular flexibility index (Phi) is 7.80. The van der Waals surface area contributed by atoms with E-state index in [4.69, 9.17) is 11.2 Å². The summed E-state index contributed by atoms with van der Waals surface area (Å²) in [7, 11) is 1.46. The lowest BCUT2D eigenvalue weighted by atomic mass is 9.96. The van der Waals surface area contributed by atoms with Crippen LogP contribution in [0, 0.1) is 18.2 Å². The minimum Gasteiger partial charge on any atom is -0.496 e. The quantitative estimate of drug-likeness (QED) is 0.161. The van der Waals surface area contributed by atoms with Gasteiger partial charge in [-0.15, -0.1) is 11.5 Å². The third-order valence-electron chi connectivity index (χ3n) is 6.81. The highest BCUT2D eigenvalue weighted by molar-refractivity contribution is 6.35. The Morgan fingerprint density at radius 1 is 1.14 bits per heavy atom. The van der Waals surface area contributed by atoms with Crippen molar-refractivity contribution in [2.45, 2.75) is 13.3 Å². The summed E-state index contributed by atoms with van der Waals surface area (Å²) in [4.78, 5) is 24.2. The van der Waals surface area contributed by atoms with E-state index in [0.29, 0.717) is 50.5 Å². The number of carbonyl (C=O) groups is 2. The molecule has 2 N–H and O–H groups in total. The van der Waals surface area contributed by atoms with Crippen molar-refractivity contribution < 1.29 is 23.8 Å². The number of hydrogen-bond acceptors (Lipinski definition) is 5. The van der Waals surface area contributed by atoms with E-state index in [1.54, 1.807) is 48.8 Å². The number of amides is 1. The van der Waals surface area contributed by atoms with Crippen LogP contribution in [0.5, 0.6) is 5.75 Å². The largest absolute Gasteiger partial charge is 0.496 e. The number of hydrogen-bond donors (Lipinski definition) is 2. The number of nitrogens with one attached hydrogen (secondary N) is 1.